The van der Waals surface area contributed by atoms with E-state index in [1.54, 1.807) is 11.8 Å². The molecule has 0 spiro atoms. The quantitative estimate of drug-likeness (QED) is 0.639. The van der Waals surface area contributed by atoms with E-state index in [1.807, 2.05) is 66.7 Å². The van der Waals surface area contributed by atoms with Gasteiger partial charge in [0.2, 0.25) is 12.7 Å². The molecule has 1 atom stereocenters. The van der Waals surface area contributed by atoms with Gasteiger partial charge in [-0.2, -0.15) is 0 Å². The Labute approximate surface area is 171 Å². The molecule has 1 amide bonds. The van der Waals surface area contributed by atoms with Gasteiger partial charge in [-0.05, 0) is 48.0 Å². The van der Waals surface area contributed by atoms with Gasteiger partial charge in [0.1, 0.15) is 4.75 Å². The summed E-state index contributed by atoms with van der Waals surface area (Å²) in [6.07, 6.45) is 0.528. The molecule has 0 radical (unpaired) electrons. The van der Waals surface area contributed by atoms with E-state index in [4.69, 9.17) is 21.1 Å². The number of halogens is 1. The van der Waals surface area contributed by atoms with Gasteiger partial charge in [0.25, 0.3) is 0 Å². The highest BCUT2D eigenvalue weighted by Crippen LogP contribution is 2.51. The number of rotatable bonds is 4. The number of carbonyl (C=O) groups excluding carboxylic acids is 1. The molecule has 140 valence electrons. The van der Waals surface area contributed by atoms with Crippen molar-refractivity contribution in [2.24, 2.45) is 0 Å². The highest BCUT2D eigenvalue weighted by atomic mass is 35.5. The predicted molar refractivity (Wildman–Crippen MR) is 110 cm³/mol. The predicted octanol–water partition coefficient (Wildman–Crippen LogP) is 5.25. The van der Waals surface area contributed by atoms with Crippen molar-refractivity contribution in [1.29, 1.82) is 0 Å². The number of hydrogen-bond donors (Lipinski definition) is 1. The van der Waals surface area contributed by atoms with Crippen molar-refractivity contribution in [2.75, 3.05) is 12.1 Å². The number of nitrogens with one attached hydrogen (secondary N) is 1. The summed E-state index contributed by atoms with van der Waals surface area (Å²) in [6, 6.07) is 21.3. The van der Waals surface area contributed by atoms with Gasteiger partial charge in [0, 0.05) is 27.6 Å². The molecule has 2 aliphatic heterocycles. The number of thioether (sulfide) groups is 1. The van der Waals surface area contributed by atoms with Gasteiger partial charge in [-0.1, -0.05) is 35.9 Å². The lowest BCUT2D eigenvalue weighted by Gasteiger charge is -2.27. The van der Waals surface area contributed by atoms with Gasteiger partial charge in [0.15, 0.2) is 11.5 Å². The topological polar surface area (TPSA) is 47.6 Å². The zero-order valence-electron chi connectivity index (χ0n) is 14.8. The fraction of sp³-hybridized carbons (Fsp3) is 0.136. The third-order valence-corrected chi connectivity index (χ3v) is 6.63. The van der Waals surface area contributed by atoms with Crippen molar-refractivity contribution >= 4 is 35.0 Å². The molecular weight excluding hydrogens is 394 g/mol. The molecular formula is C22H16ClNO3S. The maximum absolute atomic E-state index is 13.2. The van der Waals surface area contributed by atoms with E-state index in [1.165, 1.54) is 0 Å². The number of amides is 1. The Balaban J connectivity index is 1.59. The molecule has 6 heteroatoms. The van der Waals surface area contributed by atoms with Crippen molar-refractivity contribution in [2.45, 2.75) is 16.1 Å². The van der Waals surface area contributed by atoms with Crippen molar-refractivity contribution in [3.05, 3.63) is 82.9 Å². The minimum Gasteiger partial charge on any atom is -0.454 e. The Bertz CT molecular complexity index is 1070. The fourth-order valence-electron chi connectivity index (χ4n) is 3.64. The van der Waals surface area contributed by atoms with Gasteiger partial charge in [0.05, 0.1) is 0 Å². The molecule has 3 aromatic carbocycles. The Morgan fingerprint density at radius 2 is 1.79 bits per heavy atom. The van der Waals surface area contributed by atoms with Crippen molar-refractivity contribution in [3.63, 3.8) is 0 Å². The van der Waals surface area contributed by atoms with E-state index >= 15 is 0 Å². The third-order valence-electron chi connectivity index (χ3n) is 4.97. The lowest BCUT2D eigenvalue weighted by molar-refractivity contribution is -0.118. The van der Waals surface area contributed by atoms with E-state index in [-0.39, 0.29) is 12.7 Å². The molecule has 0 aromatic heterocycles. The molecule has 0 bridgehead atoms. The van der Waals surface area contributed by atoms with Crippen LogP contribution in [0.1, 0.15) is 11.1 Å². The molecule has 0 saturated carbocycles. The largest absolute Gasteiger partial charge is 0.454 e. The van der Waals surface area contributed by atoms with Gasteiger partial charge >= 0.3 is 0 Å². The summed E-state index contributed by atoms with van der Waals surface area (Å²) in [5.41, 5.74) is 2.85. The normalized spacial score (nSPS) is 19.4. The van der Waals surface area contributed by atoms with E-state index in [0.29, 0.717) is 11.4 Å². The van der Waals surface area contributed by atoms with Crippen LogP contribution in [0.25, 0.3) is 0 Å². The zero-order chi connectivity index (χ0) is 19.1. The first-order valence-electron chi connectivity index (χ1n) is 8.88. The minimum atomic E-state index is -0.780. The molecule has 28 heavy (non-hydrogen) atoms. The van der Waals surface area contributed by atoms with Crippen molar-refractivity contribution in [3.8, 4) is 11.5 Å². The summed E-state index contributed by atoms with van der Waals surface area (Å²) in [6.45, 7) is 0.229. The summed E-state index contributed by atoms with van der Waals surface area (Å²) < 4.78 is 10.2. The van der Waals surface area contributed by atoms with Crippen molar-refractivity contribution in [1.82, 2.24) is 0 Å². The number of fused-ring (bicyclic) bond motifs is 2. The molecule has 0 aliphatic carbocycles. The molecule has 3 aromatic rings. The van der Waals surface area contributed by atoms with Crippen LogP contribution in [0.2, 0.25) is 5.02 Å². The molecule has 1 N–H and O–H groups in total. The second-order valence-corrected chi connectivity index (χ2v) is 8.56. The van der Waals surface area contributed by atoms with Crippen LogP contribution < -0.4 is 14.8 Å². The molecule has 5 rings (SSSR count). The average Bonchev–Trinajstić information content (AvgIpc) is 3.27. The standard InChI is InChI=1S/C22H16ClNO3S/c23-15-6-8-16(9-7-15)28-22(17-3-1-2-4-18(17)24-21(22)25)12-14-5-10-19-20(11-14)27-13-26-19/h1-11H,12-13H2,(H,24,25)/t22-/m1/s1. The van der Waals surface area contributed by atoms with Crippen LogP contribution >= 0.6 is 23.4 Å². The van der Waals surface area contributed by atoms with Crippen LogP contribution in [0.5, 0.6) is 11.5 Å². The molecule has 0 saturated heterocycles. The van der Waals surface area contributed by atoms with Crippen LogP contribution in [-0.4, -0.2) is 12.7 Å². The number of hydrogen-bond acceptors (Lipinski definition) is 4. The molecule has 0 unspecified atom stereocenters. The fourth-order valence-corrected chi connectivity index (χ4v) is 5.12. The summed E-state index contributed by atoms with van der Waals surface area (Å²) in [4.78, 5) is 14.2. The third kappa shape index (κ3) is 2.91. The number of para-hydroxylation sites is 1. The summed E-state index contributed by atoms with van der Waals surface area (Å²) in [5.74, 6) is 1.43. The first-order chi connectivity index (χ1) is 13.6. The lowest BCUT2D eigenvalue weighted by atomic mass is 9.92. The zero-order valence-corrected chi connectivity index (χ0v) is 16.3. The van der Waals surface area contributed by atoms with Crippen LogP contribution in [0.3, 0.4) is 0 Å². The Morgan fingerprint density at radius 3 is 2.64 bits per heavy atom. The monoisotopic (exact) mass is 409 g/mol. The van der Waals surface area contributed by atoms with Gasteiger partial charge in [-0.25, -0.2) is 0 Å². The average molecular weight is 410 g/mol. The minimum absolute atomic E-state index is 0.0219. The molecule has 2 aliphatic rings. The maximum Gasteiger partial charge on any atom is 0.245 e. The summed E-state index contributed by atoms with van der Waals surface area (Å²) in [5, 5.41) is 3.72. The first kappa shape index (κ1) is 17.5. The Kier molecular flexibility index (Phi) is 4.22. The van der Waals surface area contributed by atoms with E-state index in [0.717, 1.165) is 33.2 Å². The van der Waals surface area contributed by atoms with Gasteiger partial charge in [-0.15, -0.1) is 11.8 Å². The van der Waals surface area contributed by atoms with Crippen LogP contribution in [0.15, 0.2) is 71.6 Å². The summed E-state index contributed by atoms with van der Waals surface area (Å²) >= 11 is 7.59. The summed E-state index contributed by atoms with van der Waals surface area (Å²) in [7, 11) is 0. The van der Waals surface area contributed by atoms with E-state index in [2.05, 4.69) is 5.32 Å². The van der Waals surface area contributed by atoms with Crippen LogP contribution in [-0.2, 0) is 16.0 Å². The molecule has 4 nitrogen and oxygen atoms in total. The van der Waals surface area contributed by atoms with E-state index < -0.39 is 4.75 Å². The smallest absolute Gasteiger partial charge is 0.245 e. The maximum atomic E-state index is 13.2. The second kappa shape index (κ2) is 6.76. The van der Waals surface area contributed by atoms with Gasteiger partial charge < -0.3 is 14.8 Å². The van der Waals surface area contributed by atoms with Crippen LogP contribution in [0, 0.1) is 0 Å². The number of carbonyl (C=O) groups is 1. The van der Waals surface area contributed by atoms with E-state index in [9.17, 15) is 4.79 Å². The highest BCUT2D eigenvalue weighted by Gasteiger charge is 2.47. The molecule has 2 heterocycles. The molecule has 0 fully saturated rings. The Hall–Kier alpha value is -2.63. The first-order valence-corrected chi connectivity index (χ1v) is 10.1. The second-order valence-electron chi connectivity index (χ2n) is 6.75. The number of benzene rings is 3. The van der Waals surface area contributed by atoms with Crippen molar-refractivity contribution < 1.29 is 14.3 Å². The highest BCUT2D eigenvalue weighted by molar-refractivity contribution is 8.01. The SMILES string of the molecule is O=C1Nc2ccccc2[C@@]1(Cc1ccc2c(c1)OCO2)Sc1ccc(Cl)cc1. The number of ether oxygens (including phenoxy) is 2. The Morgan fingerprint density at radius 1 is 1.00 bits per heavy atom. The van der Waals surface area contributed by atoms with Gasteiger partial charge in [-0.3, -0.25) is 4.79 Å². The van der Waals surface area contributed by atoms with Crippen LogP contribution in [0.4, 0.5) is 5.69 Å². The number of anilines is 1. The lowest BCUT2D eigenvalue weighted by Crippen LogP contribution is -2.33.